The number of nitrogens with zero attached hydrogens (tertiary/aromatic N) is 4. The van der Waals surface area contributed by atoms with Crippen molar-refractivity contribution in [1.82, 2.24) is 19.0 Å². The molecule has 3 aliphatic rings. The molecule has 0 bridgehead atoms. The van der Waals surface area contributed by atoms with Gasteiger partial charge in [0, 0.05) is 31.4 Å². The third-order valence-corrected chi connectivity index (χ3v) is 6.98. The fourth-order valence-electron chi connectivity index (χ4n) is 5.09. The minimum absolute atomic E-state index is 0.0311. The molecule has 0 spiro atoms. The van der Waals surface area contributed by atoms with Gasteiger partial charge in [0.05, 0.1) is 24.2 Å². The van der Waals surface area contributed by atoms with Crippen LogP contribution in [0.4, 0.5) is 13.2 Å². The van der Waals surface area contributed by atoms with E-state index in [1.807, 2.05) is 6.92 Å². The molecule has 0 N–H and O–H groups in total. The summed E-state index contributed by atoms with van der Waals surface area (Å²) in [6.07, 6.45) is 4.07. The molecule has 1 aliphatic carbocycles. The van der Waals surface area contributed by atoms with Crippen LogP contribution in [0.3, 0.4) is 0 Å². The van der Waals surface area contributed by atoms with E-state index in [9.17, 15) is 22.8 Å². The van der Waals surface area contributed by atoms with E-state index in [-0.39, 0.29) is 30.1 Å². The van der Waals surface area contributed by atoms with E-state index in [1.54, 1.807) is 40.2 Å². The van der Waals surface area contributed by atoms with Crippen molar-refractivity contribution in [1.29, 1.82) is 0 Å². The SMILES string of the molecule is Cc1cn(-c2ccc3n(c2=O)CCN(C[C@@H]2CCC[C@H](C4=CC=C(C(F)(F)F)CC4)O2)C3=O)cn1. The Hall–Kier alpha value is -3.14. The molecule has 2 aliphatic heterocycles. The molecule has 0 aromatic carbocycles. The van der Waals surface area contributed by atoms with Crippen LogP contribution in [0.2, 0.25) is 0 Å². The summed E-state index contributed by atoms with van der Waals surface area (Å²) in [6.45, 7) is 3.01. The van der Waals surface area contributed by atoms with Crippen LogP contribution in [0.25, 0.3) is 5.69 Å². The fraction of sp³-hybridized carbons (Fsp3) is 0.480. The van der Waals surface area contributed by atoms with Crippen molar-refractivity contribution in [3.8, 4) is 5.69 Å². The quantitative estimate of drug-likeness (QED) is 0.654. The zero-order chi connectivity index (χ0) is 24.7. The molecular weight excluding hydrogens is 461 g/mol. The third-order valence-electron chi connectivity index (χ3n) is 6.98. The van der Waals surface area contributed by atoms with Gasteiger partial charge in [-0.15, -0.1) is 0 Å². The average Bonchev–Trinajstić information content (AvgIpc) is 3.27. The van der Waals surface area contributed by atoms with Crippen LogP contribution in [0.15, 0.2) is 52.7 Å². The number of ether oxygens (including phenoxy) is 1. The molecule has 186 valence electrons. The van der Waals surface area contributed by atoms with E-state index >= 15 is 0 Å². The Morgan fingerprint density at radius 1 is 1.11 bits per heavy atom. The molecular formula is C25H27F3N4O3. The van der Waals surface area contributed by atoms with Crippen LogP contribution in [0, 0.1) is 6.92 Å². The van der Waals surface area contributed by atoms with Crippen molar-refractivity contribution in [3.05, 3.63) is 69.7 Å². The van der Waals surface area contributed by atoms with Crippen molar-refractivity contribution < 1.29 is 22.7 Å². The number of allylic oxidation sites excluding steroid dienone is 3. The second-order valence-corrected chi connectivity index (χ2v) is 9.34. The highest BCUT2D eigenvalue weighted by Gasteiger charge is 2.36. The van der Waals surface area contributed by atoms with Crippen LogP contribution in [-0.4, -0.2) is 56.4 Å². The summed E-state index contributed by atoms with van der Waals surface area (Å²) in [7, 11) is 0. The maximum Gasteiger partial charge on any atom is 0.412 e. The topological polar surface area (TPSA) is 69.4 Å². The van der Waals surface area contributed by atoms with Gasteiger partial charge in [0.15, 0.2) is 0 Å². The van der Waals surface area contributed by atoms with Gasteiger partial charge in [-0.1, -0.05) is 12.2 Å². The average molecular weight is 489 g/mol. The number of alkyl halides is 3. The first-order valence-corrected chi connectivity index (χ1v) is 11.9. The molecule has 2 atom stereocenters. The van der Waals surface area contributed by atoms with Gasteiger partial charge in [-0.2, -0.15) is 13.2 Å². The van der Waals surface area contributed by atoms with Crippen LogP contribution in [0.1, 0.15) is 48.3 Å². The Balaban J connectivity index is 1.27. The van der Waals surface area contributed by atoms with Crippen molar-refractivity contribution in [2.24, 2.45) is 0 Å². The largest absolute Gasteiger partial charge is 0.412 e. The number of imidazole rings is 1. The molecule has 1 fully saturated rings. The van der Waals surface area contributed by atoms with Crippen molar-refractivity contribution in [3.63, 3.8) is 0 Å². The van der Waals surface area contributed by atoms with Gasteiger partial charge in [0.25, 0.3) is 11.5 Å². The summed E-state index contributed by atoms with van der Waals surface area (Å²) in [5.74, 6) is -0.220. The lowest BCUT2D eigenvalue weighted by Crippen LogP contribution is -2.49. The van der Waals surface area contributed by atoms with Crippen LogP contribution in [-0.2, 0) is 11.3 Å². The van der Waals surface area contributed by atoms with Gasteiger partial charge in [-0.3, -0.25) is 9.59 Å². The first-order chi connectivity index (χ1) is 16.7. The van der Waals surface area contributed by atoms with Crippen LogP contribution < -0.4 is 5.56 Å². The van der Waals surface area contributed by atoms with Gasteiger partial charge >= 0.3 is 6.18 Å². The molecule has 0 radical (unpaired) electrons. The highest BCUT2D eigenvalue weighted by atomic mass is 19.4. The molecule has 2 aromatic heterocycles. The molecule has 35 heavy (non-hydrogen) atoms. The van der Waals surface area contributed by atoms with E-state index < -0.39 is 11.7 Å². The summed E-state index contributed by atoms with van der Waals surface area (Å²) < 4.78 is 48.2. The zero-order valence-corrected chi connectivity index (χ0v) is 19.4. The predicted molar refractivity (Wildman–Crippen MR) is 122 cm³/mol. The molecule has 5 rings (SSSR count). The maximum atomic E-state index is 13.2. The number of rotatable bonds is 4. The van der Waals surface area contributed by atoms with Gasteiger partial charge in [-0.05, 0) is 56.7 Å². The fourth-order valence-corrected chi connectivity index (χ4v) is 5.09. The molecule has 0 saturated carbocycles. The summed E-state index contributed by atoms with van der Waals surface area (Å²) in [5, 5.41) is 0. The standard InChI is InChI=1S/C25H27F3N4O3/c1-16-13-31(15-29-16)20-9-10-21-23(33)30(11-12-32(21)24(20)34)14-19-3-2-4-22(35-19)17-5-7-18(8-6-17)25(26,27)28/h5,7,9-10,13,15,19,22H,2-4,6,8,11-12,14H2,1H3/t19-,22+/m0/s1. The summed E-state index contributed by atoms with van der Waals surface area (Å²) >= 11 is 0. The Kier molecular flexibility index (Phi) is 6.16. The van der Waals surface area contributed by atoms with Gasteiger partial charge in [-0.25, -0.2) is 4.98 Å². The number of halogens is 3. The van der Waals surface area contributed by atoms with E-state index in [2.05, 4.69) is 4.98 Å². The highest BCUT2D eigenvalue weighted by Crippen LogP contribution is 2.36. The lowest BCUT2D eigenvalue weighted by molar-refractivity contribution is -0.0946. The number of hydrogen-bond donors (Lipinski definition) is 0. The van der Waals surface area contributed by atoms with Crippen molar-refractivity contribution >= 4 is 5.91 Å². The number of amides is 1. The van der Waals surface area contributed by atoms with Gasteiger partial charge in [0.2, 0.25) is 0 Å². The lowest BCUT2D eigenvalue weighted by atomic mass is 9.90. The zero-order valence-electron chi connectivity index (χ0n) is 19.4. The van der Waals surface area contributed by atoms with E-state index in [0.29, 0.717) is 37.4 Å². The monoisotopic (exact) mass is 488 g/mol. The number of hydrogen-bond acceptors (Lipinski definition) is 4. The van der Waals surface area contributed by atoms with Gasteiger partial charge in [0.1, 0.15) is 11.4 Å². The Bertz CT molecular complexity index is 1260. The van der Waals surface area contributed by atoms with Crippen LogP contribution >= 0.6 is 0 Å². The molecule has 10 heteroatoms. The number of fused-ring (bicyclic) bond motifs is 1. The number of aryl methyl sites for hydroxylation is 1. The maximum absolute atomic E-state index is 13.2. The number of pyridine rings is 1. The van der Waals surface area contributed by atoms with Gasteiger partial charge < -0.3 is 18.8 Å². The second kappa shape index (κ2) is 9.14. The predicted octanol–water partition coefficient (Wildman–Crippen LogP) is 3.94. The highest BCUT2D eigenvalue weighted by molar-refractivity contribution is 5.93. The van der Waals surface area contributed by atoms with E-state index in [4.69, 9.17) is 4.74 Å². The number of aromatic nitrogens is 3. The molecule has 7 nitrogen and oxygen atoms in total. The van der Waals surface area contributed by atoms with Crippen molar-refractivity contribution in [2.45, 2.75) is 64.0 Å². The van der Waals surface area contributed by atoms with E-state index in [0.717, 1.165) is 36.6 Å². The Labute approximate surface area is 200 Å². The summed E-state index contributed by atoms with van der Waals surface area (Å²) in [5.41, 5.74) is 1.71. The minimum Gasteiger partial charge on any atom is -0.369 e. The molecule has 1 amide bonds. The third kappa shape index (κ3) is 4.71. The molecule has 4 heterocycles. The molecule has 2 aromatic rings. The first kappa shape index (κ1) is 23.6. The second-order valence-electron chi connectivity index (χ2n) is 9.34. The van der Waals surface area contributed by atoms with E-state index in [1.165, 1.54) is 4.57 Å². The summed E-state index contributed by atoms with van der Waals surface area (Å²) in [4.78, 5) is 32.0. The molecule has 1 saturated heterocycles. The Morgan fingerprint density at radius 3 is 2.63 bits per heavy atom. The first-order valence-electron chi connectivity index (χ1n) is 11.9. The van der Waals surface area contributed by atoms with Crippen LogP contribution in [0.5, 0.6) is 0 Å². The molecule has 0 unspecified atom stereocenters. The Morgan fingerprint density at radius 2 is 1.94 bits per heavy atom. The lowest BCUT2D eigenvalue weighted by Gasteiger charge is -2.37. The normalized spacial score (nSPS) is 23.1. The van der Waals surface area contributed by atoms with Crippen molar-refractivity contribution in [2.75, 3.05) is 13.1 Å². The minimum atomic E-state index is -4.29. The number of carbonyl (C=O) groups excluding carboxylic acids is 1. The summed E-state index contributed by atoms with van der Waals surface area (Å²) in [6, 6.07) is 3.31. The number of carbonyl (C=O) groups is 1. The smallest absolute Gasteiger partial charge is 0.369 e.